The Kier molecular flexibility index (Phi) is 5.22. The minimum atomic E-state index is -0.214. The molecule has 0 aliphatic carbocycles. The SMILES string of the molecule is [2H]c1c([2H])c(-c2cccc3ccccc23)c([2H])c(N(c2cccc(-c3cccc4ccccc34)c2)c2cccc3ccccc23)c1[2H]. The zero-order valence-corrected chi connectivity index (χ0v) is 23.4. The Bertz CT molecular complexity index is 2470. The van der Waals surface area contributed by atoms with Gasteiger partial charge in [-0.1, -0.05) is 146 Å². The summed E-state index contributed by atoms with van der Waals surface area (Å²) < 4.78 is 37.1. The molecule has 0 saturated carbocycles. The van der Waals surface area contributed by atoms with E-state index < -0.39 is 0 Å². The summed E-state index contributed by atoms with van der Waals surface area (Å²) in [6, 6.07) is 50.2. The Labute approximate surface area is 257 Å². The molecule has 8 aromatic carbocycles. The number of anilines is 3. The van der Waals surface area contributed by atoms with Gasteiger partial charge in [0.2, 0.25) is 0 Å². The molecule has 0 spiro atoms. The van der Waals surface area contributed by atoms with Crippen molar-refractivity contribution >= 4 is 49.4 Å². The molecule has 0 N–H and O–H groups in total. The molecule has 1 nitrogen and oxygen atoms in total. The van der Waals surface area contributed by atoms with Crippen molar-refractivity contribution in [2.24, 2.45) is 0 Å². The smallest absolute Gasteiger partial charge is 0.0651 e. The van der Waals surface area contributed by atoms with E-state index in [1.54, 1.807) is 0 Å². The van der Waals surface area contributed by atoms with Gasteiger partial charge in [-0.2, -0.15) is 0 Å². The summed E-state index contributed by atoms with van der Waals surface area (Å²) in [5.74, 6) is 0. The van der Waals surface area contributed by atoms with Crippen molar-refractivity contribution in [2.75, 3.05) is 4.90 Å². The fourth-order valence-corrected chi connectivity index (χ4v) is 6.11. The molecule has 202 valence electrons. The second-order valence-corrected chi connectivity index (χ2v) is 10.7. The van der Waals surface area contributed by atoms with Crippen LogP contribution in [0.5, 0.6) is 0 Å². The molecule has 43 heavy (non-hydrogen) atoms. The van der Waals surface area contributed by atoms with Gasteiger partial charge < -0.3 is 4.90 Å². The molecule has 0 atom stereocenters. The van der Waals surface area contributed by atoms with Crippen LogP contribution in [-0.4, -0.2) is 0 Å². The third-order valence-corrected chi connectivity index (χ3v) is 8.11. The molecule has 0 aliphatic rings. The number of rotatable bonds is 5. The average Bonchev–Trinajstić information content (AvgIpc) is 3.12. The maximum absolute atomic E-state index is 9.74. The van der Waals surface area contributed by atoms with Gasteiger partial charge in [-0.15, -0.1) is 0 Å². The van der Waals surface area contributed by atoms with Crippen molar-refractivity contribution in [3.63, 3.8) is 0 Å². The molecular formula is C42H29N. The van der Waals surface area contributed by atoms with Crippen molar-refractivity contribution in [3.8, 4) is 22.3 Å². The molecule has 8 rings (SSSR count). The molecule has 0 aromatic heterocycles. The number of hydrogen-bond donors (Lipinski definition) is 0. The Morgan fingerprint density at radius 2 is 0.953 bits per heavy atom. The minimum Gasteiger partial charge on any atom is -0.310 e. The third-order valence-electron chi connectivity index (χ3n) is 8.11. The quantitative estimate of drug-likeness (QED) is 0.206. The van der Waals surface area contributed by atoms with Crippen molar-refractivity contribution < 1.29 is 5.48 Å². The lowest BCUT2D eigenvalue weighted by molar-refractivity contribution is 1.30. The van der Waals surface area contributed by atoms with Gasteiger partial charge in [-0.25, -0.2) is 0 Å². The largest absolute Gasteiger partial charge is 0.310 e. The lowest BCUT2D eigenvalue weighted by atomic mass is 9.96. The summed E-state index contributed by atoms with van der Waals surface area (Å²) >= 11 is 0. The molecule has 0 radical (unpaired) electrons. The van der Waals surface area contributed by atoms with Crippen LogP contribution >= 0.6 is 0 Å². The van der Waals surface area contributed by atoms with Gasteiger partial charge in [0.05, 0.1) is 11.2 Å². The summed E-state index contributed by atoms with van der Waals surface area (Å²) in [5.41, 5.74) is 4.94. The van der Waals surface area contributed by atoms with Gasteiger partial charge in [0.25, 0.3) is 0 Å². The molecule has 0 bridgehead atoms. The Hall–Kier alpha value is -5.66. The lowest BCUT2D eigenvalue weighted by Crippen LogP contribution is -2.10. The maximum Gasteiger partial charge on any atom is 0.0651 e. The molecular weight excluding hydrogens is 518 g/mol. The monoisotopic (exact) mass is 551 g/mol. The van der Waals surface area contributed by atoms with Crippen molar-refractivity contribution in [1.82, 2.24) is 0 Å². The van der Waals surface area contributed by atoms with E-state index in [1.807, 2.05) is 102 Å². The summed E-state index contributed by atoms with van der Waals surface area (Å²) in [6.07, 6.45) is 0. The number of fused-ring (bicyclic) bond motifs is 3. The standard InChI is InChI=1S/C42H29N/c1-4-22-37-30(12-1)15-9-25-39(37)33-18-7-20-35(28-33)43(42-27-11-17-32-14-3-6-24-41(32)42)36-21-8-19-34(29-36)40-26-10-16-31-13-2-5-23-38(31)40/h1-29H/i7D,18D,20D,28D. The molecule has 0 saturated heterocycles. The summed E-state index contributed by atoms with van der Waals surface area (Å²) in [4.78, 5) is 1.94. The number of hydrogen-bond acceptors (Lipinski definition) is 1. The van der Waals surface area contributed by atoms with Crippen molar-refractivity contribution in [2.45, 2.75) is 0 Å². The maximum atomic E-state index is 9.74. The van der Waals surface area contributed by atoms with Crippen molar-refractivity contribution in [3.05, 3.63) is 176 Å². The van der Waals surface area contributed by atoms with E-state index in [4.69, 9.17) is 2.74 Å². The van der Waals surface area contributed by atoms with Crippen LogP contribution in [-0.2, 0) is 0 Å². The van der Waals surface area contributed by atoms with Gasteiger partial charge in [0.15, 0.2) is 0 Å². The topological polar surface area (TPSA) is 3.24 Å². The first-order chi connectivity index (χ1) is 23.0. The van der Waals surface area contributed by atoms with Crippen LogP contribution in [0.2, 0.25) is 0 Å². The first-order valence-corrected chi connectivity index (χ1v) is 14.5. The zero-order chi connectivity index (χ0) is 32.1. The fourth-order valence-electron chi connectivity index (χ4n) is 6.11. The van der Waals surface area contributed by atoms with E-state index >= 15 is 0 Å². The predicted molar refractivity (Wildman–Crippen MR) is 185 cm³/mol. The molecule has 0 unspecified atom stereocenters. The van der Waals surface area contributed by atoms with Gasteiger partial charge in [0, 0.05) is 16.8 Å². The Morgan fingerprint density at radius 3 is 1.65 bits per heavy atom. The average molecular weight is 552 g/mol. The van der Waals surface area contributed by atoms with E-state index in [9.17, 15) is 2.74 Å². The highest BCUT2D eigenvalue weighted by Gasteiger charge is 2.17. The summed E-state index contributed by atoms with van der Waals surface area (Å²) in [6.45, 7) is 0. The predicted octanol–water partition coefficient (Wildman–Crippen LogP) is 11.9. The normalized spacial score (nSPS) is 12.6. The van der Waals surface area contributed by atoms with Crippen LogP contribution in [0.15, 0.2) is 176 Å². The Morgan fingerprint density at radius 1 is 0.419 bits per heavy atom. The van der Waals surface area contributed by atoms with Gasteiger partial charge in [-0.05, 0) is 79.5 Å². The highest BCUT2D eigenvalue weighted by atomic mass is 15.1. The lowest BCUT2D eigenvalue weighted by Gasteiger charge is -2.28. The second-order valence-electron chi connectivity index (χ2n) is 10.7. The van der Waals surface area contributed by atoms with Gasteiger partial charge in [-0.3, -0.25) is 0 Å². The molecule has 0 aliphatic heterocycles. The van der Waals surface area contributed by atoms with Gasteiger partial charge in [0.1, 0.15) is 0 Å². The number of benzene rings is 8. The molecule has 0 fully saturated rings. The minimum absolute atomic E-state index is 0.0378. The molecule has 8 aromatic rings. The van der Waals surface area contributed by atoms with Crippen molar-refractivity contribution in [1.29, 1.82) is 0 Å². The third kappa shape index (κ3) is 4.52. The highest BCUT2D eigenvalue weighted by Crippen LogP contribution is 2.42. The first kappa shape index (κ1) is 21.1. The first-order valence-electron chi connectivity index (χ1n) is 16.5. The Balaban J connectivity index is 1.44. The van der Waals surface area contributed by atoms with Crippen LogP contribution in [0.25, 0.3) is 54.6 Å². The molecule has 0 heterocycles. The van der Waals surface area contributed by atoms with E-state index in [-0.39, 0.29) is 29.9 Å². The van der Waals surface area contributed by atoms with E-state index in [0.29, 0.717) is 11.1 Å². The molecule has 1 heteroatoms. The van der Waals surface area contributed by atoms with Crippen LogP contribution in [0.1, 0.15) is 5.48 Å². The number of nitrogens with zero attached hydrogens (tertiary/aromatic N) is 1. The van der Waals surface area contributed by atoms with E-state index in [0.717, 1.165) is 54.8 Å². The summed E-state index contributed by atoms with van der Waals surface area (Å²) in [7, 11) is 0. The molecule has 0 amide bonds. The van der Waals surface area contributed by atoms with Crippen LogP contribution in [0.3, 0.4) is 0 Å². The van der Waals surface area contributed by atoms with Crippen LogP contribution < -0.4 is 4.90 Å². The van der Waals surface area contributed by atoms with Gasteiger partial charge >= 0.3 is 0 Å². The zero-order valence-electron chi connectivity index (χ0n) is 27.4. The van der Waals surface area contributed by atoms with E-state index in [2.05, 4.69) is 54.6 Å². The van der Waals surface area contributed by atoms with Crippen LogP contribution in [0.4, 0.5) is 17.1 Å². The fraction of sp³-hybridized carbons (Fsp3) is 0. The summed E-state index contributed by atoms with van der Waals surface area (Å²) in [5, 5.41) is 6.15. The van der Waals surface area contributed by atoms with Crippen LogP contribution in [0, 0.1) is 0 Å². The van der Waals surface area contributed by atoms with E-state index in [1.165, 1.54) is 0 Å². The second kappa shape index (κ2) is 10.6. The highest BCUT2D eigenvalue weighted by molar-refractivity contribution is 6.02.